The van der Waals surface area contributed by atoms with E-state index < -0.39 is 0 Å². The van der Waals surface area contributed by atoms with Gasteiger partial charge in [-0.1, -0.05) is 25.1 Å². The van der Waals surface area contributed by atoms with Crippen molar-refractivity contribution >= 4 is 23.2 Å². The maximum atomic E-state index is 12.2. The molecule has 5 nitrogen and oxygen atoms in total. The van der Waals surface area contributed by atoms with Crippen LogP contribution in [0.5, 0.6) is 0 Å². The highest BCUT2D eigenvalue weighted by Gasteiger charge is 2.09. The third-order valence-corrected chi connectivity index (χ3v) is 5.04. The molecule has 3 N–H and O–H groups in total. The lowest BCUT2D eigenvalue weighted by atomic mass is 10.1. The smallest absolute Gasteiger partial charge is 0.251 e. The molecule has 0 spiro atoms. The summed E-state index contributed by atoms with van der Waals surface area (Å²) in [6, 6.07) is 12.1. The van der Waals surface area contributed by atoms with Crippen molar-refractivity contribution in [1.82, 2.24) is 16.0 Å². The van der Waals surface area contributed by atoms with Crippen molar-refractivity contribution in [1.29, 1.82) is 0 Å². The summed E-state index contributed by atoms with van der Waals surface area (Å²) in [5, 5.41) is 11.7. The summed E-state index contributed by atoms with van der Waals surface area (Å²) in [6.45, 7) is 5.51. The normalized spacial score (nSPS) is 12.5. The molecule has 1 heterocycles. The van der Waals surface area contributed by atoms with Gasteiger partial charge in [0.1, 0.15) is 0 Å². The zero-order chi connectivity index (χ0) is 18.8. The first-order valence-corrected chi connectivity index (χ1v) is 9.87. The fraction of sp³-hybridized carbons (Fsp3) is 0.400. The molecule has 1 aromatic heterocycles. The molecule has 6 heteroatoms. The maximum absolute atomic E-state index is 12.2. The molecule has 0 bridgehead atoms. The first-order chi connectivity index (χ1) is 12.6. The molecular formula is C20H28N4OS. The summed E-state index contributed by atoms with van der Waals surface area (Å²) in [5.41, 5.74) is 1.73. The lowest BCUT2D eigenvalue weighted by molar-refractivity contribution is 0.0939. The fourth-order valence-electron chi connectivity index (χ4n) is 2.40. The van der Waals surface area contributed by atoms with E-state index >= 15 is 0 Å². The van der Waals surface area contributed by atoms with Gasteiger partial charge in [0.15, 0.2) is 5.96 Å². The van der Waals surface area contributed by atoms with E-state index in [1.807, 2.05) is 31.2 Å². The van der Waals surface area contributed by atoms with E-state index in [9.17, 15) is 4.79 Å². The Morgan fingerprint density at radius 1 is 1.23 bits per heavy atom. The van der Waals surface area contributed by atoms with Crippen LogP contribution in [-0.2, 0) is 13.0 Å². The molecule has 0 aliphatic heterocycles. The minimum absolute atomic E-state index is 0.0281. The van der Waals surface area contributed by atoms with Gasteiger partial charge in [0.05, 0.1) is 0 Å². The molecule has 1 amide bonds. The van der Waals surface area contributed by atoms with Crippen molar-refractivity contribution in [2.24, 2.45) is 4.99 Å². The van der Waals surface area contributed by atoms with Gasteiger partial charge in [-0.15, -0.1) is 11.3 Å². The molecule has 2 aromatic rings. The predicted octanol–water partition coefficient (Wildman–Crippen LogP) is 3.18. The number of nitrogens with zero attached hydrogens (tertiary/aromatic N) is 1. The Bertz CT molecular complexity index is 712. The van der Waals surface area contributed by atoms with Crippen molar-refractivity contribution in [2.75, 3.05) is 13.6 Å². The number of amides is 1. The lowest BCUT2D eigenvalue weighted by Crippen LogP contribution is -2.37. The topological polar surface area (TPSA) is 65.5 Å². The minimum atomic E-state index is -0.0281. The van der Waals surface area contributed by atoms with E-state index in [4.69, 9.17) is 0 Å². The van der Waals surface area contributed by atoms with Gasteiger partial charge in [0, 0.05) is 36.6 Å². The zero-order valence-electron chi connectivity index (χ0n) is 15.7. The summed E-state index contributed by atoms with van der Waals surface area (Å²) in [7, 11) is 1.76. The molecule has 0 saturated heterocycles. The highest BCUT2D eigenvalue weighted by Crippen LogP contribution is 2.08. The number of benzene rings is 1. The van der Waals surface area contributed by atoms with E-state index in [0.717, 1.165) is 30.9 Å². The SMILES string of the molecule is CCC(C)NC(=O)c1cccc(CNC(=NC)NCCc2cccs2)c1. The minimum Gasteiger partial charge on any atom is -0.356 e. The number of guanidine groups is 1. The van der Waals surface area contributed by atoms with E-state index in [0.29, 0.717) is 12.1 Å². The molecule has 2 rings (SSSR count). The fourth-order valence-corrected chi connectivity index (χ4v) is 3.11. The second-order valence-electron chi connectivity index (χ2n) is 6.17. The van der Waals surface area contributed by atoms with Crippen molar-refractivity contribution in [3.8, 4) is 0 Å². The van der Waals surface area contributed by atoms with E-state index in [2.05, 4.69) is 45.4 Å². The number of hydrogen-bond acceptors (Lipinski definition) is 3. The second kappa shape index (κ2) is 10.6. The van der Waals surface area contributed by atoms with Crippen LogP contribution >= 0.6 is 11.3 Å². The van der Waals surface area contributed by atoms with Crippen LogP contribution in [0, 0.1) is 0 Å². The van der Waals surface area contributed by atoms with Gasteiger partial charge < -0.3 is 16.0 Å². The van der Waals surface area contributed by atoms with E-state index in [1.54, 1.807) is 18.4 Å². The van der Waals surface area contributed by atoms with Crippen molar-refractivity contribution in [3.63, 3.8) is 0 Å². The Morgan fingerprint density at radius 3 is 2.77 bits per heavy atom. The standard InChI is InChI=1S/C20H28N4OS/c1-4-15(2)24-19(25)17-8-5-7-16(13-17)14-23-20(21-3)22-11-10-18-9-6-12-26-18/h5-9,12-13,15H,4,10-11,14H2,1-3H3,(H,24,25)(H2,21,22,23). The summed E-state index contributed by atoms with van der Waals surface area (Å²) in [6.07, 6.45) is 1.89. The van der Waals surface area contributed by atoms with Crippen LogP contribution in [0.3, 0.4) is 0 Å². The molecule has 1 atom stereocenters. The van der Waals surface area contributed by atoms with Crippen LogP contribution in [0.2, 0.25) is 0 Å². The van der Waals surface area contributed by atoms with Crippen LogP contribution in [0.15, 0.2) is 46.8 Å². The Labute approximate surface area is 159 Å². The maximum Gasteiger partial charge on any atom is 0.251 e. The van der Waals surface area contributed by atoms with Gasteiger partial charge in [0.25, 0.3) is 5.91 Å². The van der Waals surface area contributed by atoms with Crippen LogP contribution in [0.4, 0.5) is 0 Å². The molecule has 0 aliphatic carbocycles. The van der Waals surface area contributed by atoms with Gasteiger partial charge in [0.2, 0.25) is 0 Å². The Kier molecular flexibility index (Phi) is 8.15. The summed E-state index contributed by atoms with van der Waals surface area (Å²) >= 11 is 1.76. The number of thiophene rings is 1. The van der Waals surface area contributed by atoms with Gasteiger partial charge in [-0.25, -0.2) is 0 Å². The molecule has 0 aliphatic rings. The Hall–Kier alpha value is -2.34. The zero-order valence-corrected chi connectivity index (χ0v) is 16.5. The molecule has 0 radical (unpaired) electrons. The first kappa shape index (κ1) is 20.0. The molecule has 0 fully saturated rings. The monoisotopic (exact) mass is 372 g/mol. The number of carbonyl (C=O) groups is 1. The average Bonchev–Trinajstić information content (AvgIpc) is 3.18. The summed E-state index contributed by atoms with van der Waals surface area (Å²) < 4.78 is 0. The molecule has 26 heavy (non-hydrogen) atoms. The second-order valence-corrected chi connectivity index (χ2v) is 7.20. The Balaban J connectivity index is 1.83. The van der Waals surface area contributed by atoms with Gasteiger partial charge in [-0.3, -0.25) is 9.79 Å². The van der Waals surface area contributed by atoms with Crippen molar-refractivity contribution in [3.05, 3.63) is 57.8 Å². The number of hydrogen-bond donors (Lipinski definition) is 3. The predicted molar refractivity (Wildman–Crippen MR) is 110 cm³/mol. The van der Waals surface area contributed by atoms with Crippen molar-refractivity contribution in [2.45, 2.75) is 39.3 Å². The number of rotatable bonds is 8. The third-order valence-electron chi connectivity index (χ3n) is 4.11. The number of carbonyl (C=O) groups excluding carboxylic acids is 1. The summed E-state index contributed by atoms with van der Waals surface area (Å²) in [4.78, 5) is 17.9. The first-order valence-electron chi connectivity index (χ1n) is 8.99. The van der Waals surface area contributed by atoms with Gasteiger partial charge >= 0.3 is 0 Å². The largest absolute Gasteiger partial charge is 0.356 e. The average molecular weight is 373 g/mol. The number of aliphatic imine (C=N–C) groups is 1. The highest BCUT2D eigenvalue weighted by molar-refractivity contribution is 7.09. The van der Waals surface area contributed by atoms with E-state index in [1.165, 1.54) is 4.88 Å². The molecular weight excluding hydrogens is 344 g/mol. The molecule has 1 unspecified atom stereocenters. The van der Waals surface area contributed by atoms with Crippen LogP contribution < -0.4 is 16.0 Å². The van der Waals surface area contributed by atoms with Crippen LogP contribution in [-0.4, -0.2) is 31.5 Å². The highest BCUT2D eigenvalue weighted by atomic mass is 32.1. The third kappa shape index (κ3) is 6.52. The molecule has 140 valence electrons. The van der Waals surface area contributed by atoms with Crippen LogP contribution in [0.1, 0.15) is 41.1 Å². The number of nitrogens with one attached hydrogen (secondary N) is 3. The molecule has 1 aromatic carbocycles. The van der Waals surface area contributed by atoms with Gasteiger partial charge in [-0.05, 0) is 48.9 Å². The van der Waals surface area contributed by atoms with E-state index in [-0.39, 0.29) is 11.9 Å². The van der Waals surface area contributed by atoms with Crippen LogP contribution in [0.25, 0.3) is 0 Å². The quantitative estimate of drug-likeness (QED) is 0.492. The summed E-state index contributed by atoms with van der Waals surface area (Å²) in [5.74, 6) is 0.732. The lowest BCUT2D eigenvalue weighted by Gasteiger charge is -2.13. The Morgan fingerprint density at radius 2 is 2.08 bits per heavy atom. The molecule has 0 saturated carbocycles. The van der Waals surface area contributed by atoms with Crippen molar-refractivity contribution < 1.29 is 4.79 Å². The van der Waals surface area contributed by atoms with Gasteiger partial charge in [-0.2, -0.15) is 0 Å².